The van der Waals surface area contributed by atoms with Crippen LogP contribution < -0.4 is 19.6 Å². The first-order chi connectivity index (χ1) is 63.8. The lowest BCUT2D eigenvalue weighted by atomic mass is 9.87. The molecule has 0 amide bonds. The Morgan fingerprint density at radius 2 is 0.400 bits per heavy atom. The maximum atomic E-state index is 2.37. The molecule has 4 heterocycles. The molecule has 23 rings (SSSR count). The van der Waals surface area contributed by atoms with E-state index in [4.69, 9.17) is 0 Å². The Hall–Kier alpha value is -16.4. The molecule has 0 aliphatic heterocycles. The van der Waals surface area contributed by atoms with E-state index in [1.807, 2.05) is 0 Å². The second-order valence-corrected chi connectivity index (χ2v) is 34.3. The summed E-state index contributed by atoms with van der Waals surface area (Å²) in [6.07, 6.45) is 0. The fraction of sp³-hybridized carbons (Fsp3) is 0.0656. The lowest BCUT2D eigenvalue weighted by Crippen LogP contribution is -2.13. The summed E-state index contributed by atoms with van der Waals surface area (Å²) in [6, 6.07) is 171. The highest BCUT2D eigenvalue weighted by Crippen LogP contribution is 2.42. The van der Waals surface area contributed by atoms with E-state index in [9.17, 15) is 0 Å². The zero-order valence-electron chi connectivity index (χ0n) is 74.2. The van der Waals surface area contributed by atoms with Gasteiger partial charge in [0.15, 0.2) is 0 Å². The van der Waals surface area contributed by atoms with Crippen LogP contribution in [0, 0.1) is 0 Å². The molecule has 628 valence electrons. The SMILES string of the molecule is CN(c1ccc(-c2ccccc2)cc1)c1cccc(-n2c3ccccc3c3ccccc32)c1.CN(c1ccc(C(C)(C)C)cc1)c1cccc(-n2c3ccccc3c3ccccc32)c1.CN(c1cccc(-c2ccccc2)c1)c1cccc(-n2c3ccccc3c3ccccc32)c1.CN(c1cccc(-n2c3ccccc3c3ccccc32)c1)c1ccccc1-c1ccccc1. The van der Waals surface area contributed by atoms with E-state index in [0.29, 0.717) is 0 Å². The standard InChI is InChI=1S/3C31H24N2.C29H28N2/c1-32(29-19-8-5-16-26(29)23-12-3-2-4-13-23)24-14-11-15-25(22-24)33-30-20-9-6-17-27(30)28-18-7-10-21-31(28)33;1-32(25-14-9-13-24(21-25)23-11-3-2-4-12-23)26-15-10-16-27(22-26)33-30-19-7-5-17-28(30)29-18-6-8-20-31(29)33;1-32(25-20-18-24(19-21-25)23-10-3-2-4-11-23)26-12-9-13-27(22-26)33-30-16-7-5-14-28(30)29-15-6-8-17-31(29)33;1-29(2,3)21-16-18-22(19-17-21)30(4)23-10-9-11-24(20-23)31-27-14-7-5-12-25(27)26-13-6-8-15-28(26)31/h3*2-22H,1H3;5-20H,1-4H3. The van der Waals surface area contributed by atoms with E-state index in [-0.39, 0.29) is 5.41 Å². The van der Waals surface area contributed by atoms with Crippen LogP contribution in [0.5, 0.6) is 0 Å². The van der Waals surface area contributed by atoms with E-state index in [2.05, 4.69) is 566 Å². The van der Waals surface area contributed by atoms with Gasteiger partial charge in [0.25, 0.3) is 0 Å². The Morgan fingerprint density at radius 3 is 0.723 bits per heavy atom. The van der Waals surface area contributed by atoms with Crippen LogP contribution in [0.25, 0.3) is 143 Å². The van der Waals surface area contributed by atoms with E-state index >= 15 is 0 Å². The quantitative estimate of drug-likeness (QED) is 0.102. The molecule has 19 aromatic carbocycles. The van der Waals surface area contributed by atoms with Gasteiger partial charge in [0.2, 0.25) is 0 Å². The first-order valence-electron chi connectivity index (χ1n) is 44.7. The van der Waals surface area contributed by atoms with Crippen molar-refractivity contribution in [1.82, 2.24) is 18.3 Å². The van der Waals surface area contributed by atoms with Gasteiger partial charge in [0, 0.05) is 145 Å². The smallest absolute Gasteiger partial charge is 0.0541 e. The van der Waals surface area contributed by atoms with Crippen LogP contribution in [-0.4, -0.2) is 46.5 Å². The molecule has 23 aromatic rings. The van der Waals surface area contributed by atoms with Gasteiger partial charge in [-0.15, -0.1) is 0 Å². The summed E-state index contributed by atoms with van der Waals surface area (Å²) in [4.78, 5) is 9.03. The van der Waals surface area contributed by atoms with Crippen molar-refractivity contribution >= 4 is 133 Å². The van der Waals surface area contributed by atoms with Crippen molar-refractivity contribution in [3.8, 4) is 56.1 Å². The number of rotatable bonds is 15. The lowest BCUT2D eigenvalue weighted by Gasteiger charge is -2.24. The first kappa shape index (κ1) is 81.9. The number of aromatic nitrogens is 4. The molecule has 0 aliphatic carbocycles. The normalized spacial score (nSPS) is 11.3. The molecule has 0 saturated heterocycles. The third kappa shape index (κ3) is 16.2. The average molecular weight is 1680 g/mol. The topological polar surface area (TPSA) is 32.7 Å². The molecule has 0 fully saturated rings. The van der Waals surface area contributed by atoms with Crippen molar-refractivity contribution < 1.29 is 0 Å². The Kier molecular flexibility index (Phi) is 22.6. The van der Waals surface area contributed by atoms with Crippen LogP contribution in [0.1, 0.15) is 26.3 Å². The Labute approximate surface area is 760 Å². The van der Waals surface area contributed by atoms with Gasteiger partial charge >= 0.3 is 0 Å². The van der Waals surface area contributed by atoms with E-state index < -0.39 is 0 Å². The van der Waals surface area contributed by atoms with Crippen LogP contribution in [0.2, 0.25) is 0 Å². The van der Waals surface area contributed by atoms with Gasteiger partial charge in [-0.2, -0.15) is 0 Å². The molecule has 0 saturated carbocycles. The summed E-state index contributed by atoms with van der Waals surface area (Å²) in [5.74, 6) is 0. The maximum absolute atomic E-state index is 2.37. The monoisotopic (exact) mass is 1680 g/mol. The Balaban J connectivity index is 0.000000108. The minimum absolute atomic E-state index is 0.160. The Bertz CT molecular complexity index is 7760. The summed E-state index contributed by atoms with van der Waals surface area (Å²) < 4.78 is 9.46. The highest BCUT2D eigenvalue weighted by molar-refractivity contribution is 6.13. The highest BCUT2D eigenvalue weighted by atomic mass is 15.1. The van der Waals surface area contributed by atoms with Gasteiger partial charge in [-0.3, -0.25) is 0 Å². The van der Waals surface area contributed by atoms with E-state index in [1.54, 1.807) is 0 Å². The average Bonchev–Trinajstić information content (AvgIpc) is 1.61. The van der Waals surface area contributed by atoms with Crippen LogP contribution in [0.15, 0.2) is 479 Å². The van der Waals surface area contributed by atoms with Crippen molar-refractivity contribution in [2.75, 3.05) is 47.8 Å². The van der Waals surface area contributed by atoms with Gasteiger partial charge in [-0.1, -0.05) is 336 Å². The number of hydrogen-bond acceptors (Lipinski definition) is 4. The summed E-state index contributed by atoms with van der Waals surface area (Å²) in [5, 5.41) is 10.3. The minimum atomic E-state index is 0.160. The fourth-order valence-corrected chi connectivity index (χ4v) is 18.6. The molecule has 4 aromatic heterocycles. The lowest BCUT2D eigenvalue weighted by molar-refractivity contribution is 0.590. The highest BCUT2D eigenvalue weighted by Gasteiger charge is 2.21. The maximum Gasteiger partial charge on any atom is 0.0541 e. The summed E-state index contributed by atoms with van der Waals surface area (Å²) in [7, 11) is 8.54. The van der Waals surface area contributed by atoms with Crippen LogP contribution in [0.3, 0.4) is 0 Å². The van der Waals surface area contributed by atoms with Crippen molar-refractivity contribution in [1.29, 1.82) is 0 Å². The minimum Gasteiger partial charge on any atom is -0.345 e. The summed E-state index contributed by atoms with van der Waals surface area (Å²) >= 11 is 0. The number of fused-ring (bicyclic) bond motifs is 12. The third-order valence-electron chi connectivity index (χ3n) is 25.4. The zero-order valence-corrected chi connectivity index (χ0v) is 74.2. The molecular weight excluding hydrogens is 1580 g/mol. The van der Waals surface area contributed by atoms with E-state index in [0.717, 1.165) is 45.5 Å². The van der Waals surface area contributed by atoms with Crippen molar-refractivity contribution in [3.05, 3.63) is 485 Å². The van der Waals surface area contributed by atoms with Gasteiger partial charge in [0.05, 0.1) is 44.1 Å². The molecule has 0 aliphatic rings. The van der Waals surface area contributed by atoms with Crippen LogP contribution in [-0.2, 0) is 5.41 Å². The fourth-order valence-electron chi connectivity index (χ4n) is 18.6. The van der Waals surface area contributed by atoms with Crippen molar-refractivity contribution in [3.63, 3.8) is 0 Å². The number of anilines is 8. The first-order valence-corrected chi connectivity index (χ1v) is 44.7. The summed E-state index contributed by atoms with van der Waals surface area (Å²) in [6.45, 7) is 6.75. The van der Waals surface area contributed by atoms with Gasteiger partial charge < -0.3 is 37.9 Å². The van der Waals surface area contributed by atoms with Gasteiger partial charge in [-0.05, 0) is 203 Å². The molecule has 0 atom stereocenters. The Morgan fingerprint density at radius 1 is 0.169 bits per heavy atom. The van der Waals surface area contributed by atoms with Gasteiger partial charge in [0.1, 0.15) is 0 Å². The molecule has 0 bridgehead atoms. The van der Waals surface area contributed by atoms with E-state index in [1.165, 1.54) is 149 Å². The molecule has 0 N–H and O–H groups in total. The third-order valence-corrected chi connectivity index (χ3v) is 25.4. The second kappa shape index (κ2) is 35.9. The second-order valence-electron chi connectivity index (χ2n) is 34.3. The summed E-state index contributed by atoms with van der Waals surface area (Å²) in [5.41, 5.74) is 32.7. The predicted octanol–water partition coefficient (Wildman–Crippen LogP) is 32.5. The van der Waals surface area contributed by atoms with Crippen molar-refractivity contribution in [2.45, 2.75) is 26.2 Å². The predicted molar refractivity (Wildman–Crippen MR) is 556 cm³/mol. The number of nitrogens with zero attached hydrogens (tertiary/aromatic N) is 8. The van der Waals surface area contributed by atoms with Crippen LogP contribution >= 0.6 is 0 Å². The molecule has 130 heavy (non-hydrogen) atoms. The number of para-hydroxylation sites is 9. The van der Waals surface area contributed by atoms with Crippen LogP contribution in [0.4, 0.5) is 45.5 Å². The molecule has 8 heteroatoms. The zero-order chi connectivity index (χ0) is 88.2. The molecule has 0 spiro atoms. The van der Waals surface area contributed by atoms with Crippen molar-refractivity contribution in [2.24, 2.45) is 0 Å². The molecule has 0 unspecified atom stereocenters. The van der Waals surface area contributed by atoms with Gasteiger partial charge in [-0.25, -0.2) is 0 Å². The molecule has 0 radical (unpaired) electrons. The number of benzene rings is 19. The number of hydrogen-bond donors (Lipinski definition) is 0. The largest absolute Gasteiger partial charge is 0.345 e. The molecule has 8 nitrogen and oxygen atoms in total. The molecular formula is C122H100N8.